The number of hydrogen-bond donors (Lipinski definition) is 1. The molecule has 21 heavy (non-hydrogen) atoms. The molecule has 0 amide bonds. The molecule has 1 heterocycles. The predicted molar refractivity (Wildman–Crippen MR) is 92.3 cm³/mol. The summed E-state index contributed by atoms with van der Waals surface area (Å²) in [4.78, 5) is 1.27. The third kappa shape index (κ3) is 3.86. The first-order valence-electron chi connectivity index (χ1n) is 6.60. The van der Waals surface area contributed by atoms with Crippen LogP contribution < -0.4 is 10.1 Å². The summed E-state index contributed by atoms with van der Waals surface area (Å²) in [5.74, 6) is 1.67. The molecule has 0 radical (unpaired) electrons. The Hall–Kier alpha value is -1.78. The predicted octanol–water partition coefficient (Wildman–Crippen LogP) is 5.92. The monoisotopic (exact) mass is 359 g/mol. The second-order valence-corrected chi connectivity index (χ2v) is 6.41. The molecule has 1 N–H and O–H groups in total. The minimum Gasteiger partial charge on any atom is -0.455 e. The van der Waals surface area contributed by atoms with Gasteiger partial charge in [0.15, 0.2) is 5.75 Å². The molecular formula is C17H14BrNOS. The smallest absolute Gasteiger partial charge is 0.150 e. The Morgan fingerprint density at radius 2 is 1.76 bits per heavy atom. The van der Waals surface area contributed by atoms with Gasteiger partial charge in [0.1, 0.15) is 5.75 Å². The van der Waals surface area contributed by atoms with Gasteiger partial charge in [-0.2, -0.15) is 0 Å². The summed E-state index contributed by atoms with van der Waals surface area (Å²) in [7, 11) is 0. The van der Waals surface area contributed by atoms with E-state index in [-0.39, 0.29) is 0 Å². The Balaban J connectivity index is 1.73. The van der Waals surface area contributed by atoms with Crippen LogP contribution in [0.2, 0.25) is 0 Å². The van der Waals surface area contributed by atoms with Crippen molar-refractivity contribution in [1.29, 1.82) is 0 Å². The van der Waals surface area contributed by atoms with Gasteiger partial charge in [-0.3, -0.25) is 0 Å². The summed E-state index contributed by atoms with van der Waals surface area (Å²) in [6, 6.07) is 19.9. The first-order chi connectivity index (χ1) is 10.3. The van der Waals surface area contributed by atoms with E-state index in [2.05, 4.69) is 32.7 Å². The maximum absolute atomic E-state index is 5.93. The topological polar surface area (TPSA) is 21.3 Å². The summed E-state index contributed by atoms with van der Waals surface area (Å²) in [5.41, 5.74) is 0.992. The number of rotatable bonds is 5. The number of hydrogen-bond acceptors (Lipinski definition) is 3. The zero-order valence-corrected chi connectivity index (χ0v) is 13.7. The van der Waals surface area contributed by atoms with Crippen molar-refractivity contribution in [3.8, 4) is 11.5 Å². The van der Waals surface area contributed by atoms with E-state index in [1.54, 1.807) is 11.3 Å². The molecule has 3 aromatic rings. The minimum atomic E-state index is 0.783. The third-order valence-corrected chi connectivity index (χ3v) is 4.63. The van der Waals surface area contributed by atoms with Crippen LogP contribution in [0.4, 0.5) is 5.69 Å². The van der Waals surface area contributed by atoms with Crippen LogP contribution in [0.1, 0.15) is 4.88 Å². The Kier molecular flexibility index (Phi) is 4.58. The summed E-state index contributed by atoms with van der Waals surface area (Å²) in [5, 5.41) is 5.51. The number of thiophene rings is 1. The minimum absolute atomic E-state index is 0.783. The molecule has 106 valence electrons. The molecule has 0 bridgehead atoms. The average molecular weight is 360 g/mol. The second kappa shape index (κ2) is 6.78. The van der Waals surface area contributed by atoms with Gasteiger partial charge >= 0.3 is 0 Å². The highest BCUT2D eigenvalue weighted by atomic mass is 79.9. The molecule has 0 fully saturated rings. The van der Waals surface area contributed by atoms with E-state index in [1.165, 1.54) is 4.88 Å². The first kappa shape index (κ1) is 14.2. The van der Waals surface area contributed by atoms with E-state index < -0.39 is 0 Å². The van der Waals surface area contributed by atoms with E-state index in [9.17, 15) is 0 Å². The fourth-order valence-electron chi connectivity index (χ4n) is 1.95. The molecule has 0 aliphatic heterocycles. The van der Waals surface area contributed by atoms with Crippen LogP contribution >= 0.6 is 27.3 Å². The van der Waals surface area contributed by atoms with E-state index in [4.69, 9.17) is 4.74 Å². The fourth-order valence-corrected chi connectivity index (χ4v) is 3.34. The number of para-hydroxylation sites is 3. The molecule has 1 aromatic heterocycles. The zero-order chi connectivity index (χ0) is 14.5. The molecule has 0 aliphatic rings. The highest BCUT2D eigenvalue weighted by molar-refractivity contribution is 9.10. The van der Waals surface area contributed by atoms with Gasteiger partial charge in [-0.1, -0.05) is 30.3 Å². The van der Waals surface area contributed by atoms with Crippen molar-refractivity contribution < 1.29 is 4.74 Å². The van der Waals surface area contributed by atoms with Gasteiger partial charge < -0.3 is 10.1 Å². The first-order valence-corrected chi connectivity index (χ1v) is 8.27. The Labute approximate surface area is 136 Å². The Bertz CT molecular complexity index is 712. The molecular weight excluding hydrogens is 346 g/mol. The maximum atomic E-state index is 5.93. The van der Waals surface area contributed by atoms with Gasteiger partial charge in [0.05, 0.1) is 5.69 Å². The molecule has 0 saturated heterocycles. The quantitative estimate of drug-likeness (QED) is 0.610. The van der Waals surface area contributed by atoms with Gasteiger partial charge in [-0.15, -0.1) is 11.3 Å². The van der Waals surface area contributed by atoms with Crippen molar-refractivity contribution in [3.05, 3.63) is 75.4 Å². The van der Waals surface area contributed by atoms with Gasteiger partial charge in [0.25, 0.3) is 0 Å². The zero-order valence-electron chi connectivity index (χ0n) is 11.3. The lowest BCUT2D eigenvalue weighted by molar-refractivity contribution is 0.484. The number of ether oxygens (including phenoxy) is 1. The molecule has 2 nitrogen and oxygen atoms in total. The summed E-state index contributed by atoms with van der Waals surface area (Å²) in [6.07, 6.45) is 0. The van der Waals surface area contributed by atoms with Crippen LogP contribution in [0.5, 0.6) is 11.5 Å². The maximum Gasteiger partial charge on any atom is 0.150 e. The van der Waals surface area contributed by atoms with Crippen molar-refractivity contribution in [2.24, 2.45) is 0 Å². The normalized spacial score (nSPS) is 10.3. The molecule has 2 aromatic carbocycles. The molecule has 4 heteroatoms. The molecule has 0 saturated carbocycles. The number of benzene rings is 2. The van der Waals surface area contributed by atoms with Crippen molar-refractivity contribution in [1.82, 2.24) is 0 Å². The molecule has 0 unspecified atom stereocenters. The van der Waals surface area contributed by atoms with Crippen LogP contribution in [0.15, 0.2) is 70.5 Å². The van der Waals surface area contributed by atoms with Gasteiger partial charge in [0.2, 0.25) is 0 Å². The molecule has 3 rings (SSSR count). The van der Waals surface area contributed by atoms with Crippen molar-refractivity contribution in [2.45, 2.75) is 6.54 Å². The average Bonchev–Trinajstić information content (AvgIpc) is 2.93. The standard InChI is InChI=1S/C17H14BrNOS/c18-13-10-15(21-12-13)11-19-16-8-4-5-9-17(16)20-14-6-2-1-3-7-14/h1-10,12,19H,11H2. The van der Waals surface area contributed by atoms with E-state index in [0.29, 0.717) is 0 Å². The molecule has 0 spiro atoms. The number of nitrogens with one attached hydrogen (secondary N) is 1. The third-order valence-electron chi connectivity index (χ3n) is 2.93. The summed E-state index contributed by atoms with van der Waals surface area (Å²) < 4.78 is 7.06. The van der Waals surface area contributed by atoms with Gasteiger partial charge in [0, 0.05) is 21.3 Å². The van der Waals surface area contributed by atoms with Gasteiger partial charge in [-0.05, 0) is 46.3 Å². The van der Waals surface area contributed by atoms with Crippen molar-refractivity contribution in [2.75, 3.05) is 5.32 Å². The lowest BCUT2D eigenvalue weighted by Crippen LogP contribution is -1.99. The SMILES string of the molecule is Brc1csc(CNc2ccccc2Oc2ccccc2)c1. The second-order valence-electron chi connectivity index (χ2n) is 4.50. The van der Waals surface area contributed by atoms with E-state index in [0.717, 1.165) is 28.2 Å². The van der Waals surface area contributed by atoms with Crippen LogP contribution in [0.3, 0.4) is 0 Å². The highest BCUT2D eigenvalue weighted by Crippen LogP contribution is 2.30. The van der Waals surface area contributed by atoms with Crippen LogP contribution in [0, 0.1) is 0 Å². The lowest BCUT2D eigenvalue weighted by Gasteiger charge is -2.12. The Morgan fingerprint density at radius 3 is 2.52 bits per heavy atom. The fraction of sp³-hybridized carbons (Fsp3) is 0.0588. The van der Waals surface area contributed by atoms with E-state index >= 15 is 0 Å². The lowest BCUT2D eigenvalue weighted by atomic mass is 10.3. The van der Waals surface area contributed by atoms with Crippen LogP contribution in [0.25, 0.3) is 0 Å². The summed E-state index contributed by atoms with van der Waals surface area (Å²) in [6.45, 7) is 0.783. The molecule has 0 atom stereocenters. The van der Waals surface area contributed by atoms with Crippen LogP contribution in [-0.2, 0) is 6.54 Å². The van der Waals surface area contributed by atoms with E-state index in [1.807, 2.05) is 54.6 Å². The van der Waals surface area contributed by atoms with Crippen molar-refractivity contribution in [3.63, 3.8) is 0 Å². The van der Waals surface area contributed by atoms with Gasteiger partial charge in [-0.25, -0.2) is 0 Å². The van der Waals surface area contributed by atoms with Crippen LogP contribution in [-0.4, -0.2) is 0 Å². The largest absolute Gasteiger partial charge is 0.455 e. The number of halogens is 1. The molecule has 0 aliphatic carbocycles. The summed E-state index contributed by atoms with van der Waals surface area (Å²) >= 11 is 5.20. The number of anilines is 1. The Morgan fingerprint density at radius 1 is 1.00 bits per heavy atom. The highest BCUT2D eigenvalue weighted by Gasteiger charge is 2.05. The van der Waals surface area contributed by atoms with Crippen molar-refractivity contribution >= 4 is 33.0 Å².